The van der Waals surface area contributed by atoms with Crippen molar-refractivity contribution in [3.63, 3.8) is 0 Å². The van der Waals surface area contributed by atoms with Crippen molar-refractivity contribution >= 4 is 5.82 Å². The lowest BCUT2D eigenvalue weighted by Gasteiger charge is -2.14. The highest BCUT2D eigenvalue weighted by Crippen LogP contribution is 2.19. The molecule has 112 valence electrons. The third kappa shape index (κ3) is 4.72. The van der Waals surface area contributed by atoms with E-state index in [4.69, 9.17) is 4.74 Å². The lowest BCUT2D eigenvalue weighted by atomic mass is 10.1. The van der Waals surface area contributed by atoms with Gasteiger partial charge in [-0.25, -0.2) is 4.98 Å². The third-order valence-corrected chi connectivity index (χ3v) is 2.87. The van der Waals surface area contributed by atoms with Crippen LogP contribution >= 0.6 is 0 Å². The first-order valence-corrected chi connectivity index (χ1v) is 7.02. The number of hydrogen-bond donors (Lipinski definition) is 2. The first-order chi connectivity index (χ1) is 10.0. The van der Waals surface area contributed by atoms with Gasteiger partial charge in [0.05, 0.1) is 24.1 Å². The second kappa shape index (κ2) is 7.04. The Morgan fingerprint density at radius 3 is 2.52 bits per heavy atom. The monoisotopic (exact) mass is 287 g/mol. The van der Waals surface area contributed by atoms with Crippen LogP contribution in [0.1, 0.15) is 31.2 Å². The van der Waals surface area contributed by atoms with Crippen LogP contribution in [0.25, 0.3) is 0 Å². The number of hydrogen-bond acceptors (Lipinski definition) is 5. The van der Waals surface area contributed by atoms with Gasteiger partial charge in [-0.2, -0.15) is 0 Å². The number of nitrogens with zero attached hydrogens (tertiary/aromatic N) is 2. The Morgan fingerprint density at radius 2 is 1.90 bits per heavy atom. The van der Waals surface area contributed by atoms with Gasteiger partial charge in [-0.3, -0.25) is 4.98 Å². The number of benzene rings is 1. The molecular formula is C16H21N3O2. The highest BCUT2D eigenvalue weighted by Gasteiger charge is 2.08. The second-order valence-corrected chi connectivity index (χ2v) is 5.18. The van der Waals surface area contributed by atoms with Crippen LogP contribution < -0.4 is 10.1 Å². The number of nitrogens with one attached hydrogen (secondary N) is 1. The average molecular weight is 287 g/mol. The van der Waals surface area contributed by atoms with E-state index in [1.165, 1.54) is 0 Å². The van der Waals surface area contributed by atoms with Crippen molar-refractivity contribution < 1.29 is 9.84 Å². The van der Waals surface area contributed by atoms with E-state index in [1.807, 2.05) is 45.0 Å². The smallest absolute Gasteiger partial charge is 0.144 e. The van der Waals surface area contributed by atoms with E-state index >= 15 is 0 Å². The van der Waals surface area contributed by atoms with Crippen LogP contribution in [-0.2, 0) is 0 Å². The zero-order valence-corrected chi connectivity index (χ0v) is 12.6. The first kappa shape index (κ1) is 15.3. The molecule has 0 saturated heterocycles. The highest BCUT2D eigenvalue weighted by atomic mass is 16.5. The van der Waals surface area contributed by atoms with E-state index in [0.29, 0.717) is 12.4 Å². The Bertz CT molecular complexity index is 570. The van der Waals surface area contributed by atoms with E-state index in [2.05, 4.69) is 15.3 Å². The zero-order valence-electron chi connectivity index (χ0n) is 12.6. The van der Waals surface area contributed by atoms with Gasteiger partial charge in [-0.1, -0.05) is 12.1 Å². The maximum absolute atomic E-state index is 10.2. The predicted octanol–water partition coefficient (Wildman–Crippen LogP) is 2.72. The summed E-state index contributed by atoms with van der Waals surface area (Å²) < 4.78 is 5.58. The van der Waals surface area contributed by atoms with Gasteiger partial charge in [0.1, 0.15) is 11.6 Å². The van der Waals surface area contributed by atoms with Gasteiger partial charge in [-0.15, -0.1) is 0 Å². The molecule has 5 nitrogen and oxygen atoms in total. The fourth-order valence-electron chi connectivity index (χ4n) is 1.91. The number of anilines is 1. The Morgan fingerprint density at radius 1 is 1.19 bits per heavy atom. The van der Waals surface area contributed by atoms with Crippen molar-refractivity contribution in [1.29, 1.82) is 0 Å². The minimum absolute atomic E-state index is 0.141. The van der Waals surface area contributed by atoms with Crippen molar-refractivity contribution in [2.75, 3.05) is 11.9 Å². The van der Waals surface area contributed by atoms with Crippen molar-refractivity contribution in [2.45, 2.75) is 33.0 Å². The van der Waals surface area contributed by atoms with Crippen molar-refractivity contribution in [3.05, 3.63) is 47.9 Å². The summed E-state index contributed by atoms with van der Waals surface area (Å²) in [5.74, 6) is 1.47. The number of aromatic nitrogens is 2. The van der Waals surface area contributed by atoms with Gasteiger partial charge in [-0.05, 0) is 38.5 Å². The maximum atomic E-state index is 10.2. The van der Waals surface area contributed by atoms with Crippen LogP contribution in [0.2, 0.25) is 0 Å². The summed E-state index contributed by atoms with van der Waals surface area (Å²) >= 11 is 0. The fraction of sp³-hybridized carbons (Fsp3) is 0.375. The molecule has 0 radical (unpaired) electrons. The van der Waals surface area contributed by atoms with Gasteiger partial charge in [0.2, 0.25) is 0 Å². The standard InChI is InChI=1S/C16H21N3O2/c1-11(2)21-14-6-4-13(5-7-14)15(20)9-18-16-10-17-8-12(3)19-16/h4-8,10-11,15,20H,9H2,1-3H3,(H,18,19). The molecule has 2 N–H and O–H groups in total. The van der Waals surface area contributed by atoms with E-state index in [9.17, 15) is 5.11 Å². The molecule has 1 heterocycles. The van der Waals surface area contributed by atoms with E-state index in [1.54, 1.807) is 12.4 Å². The number of aryl methyl sites for hydroxylation is 1. The number of rotatable bonds is 6. The normalized spacial score (nSPS) is 12.2. The van der Waals surface area contributed by atoms with Crippen LogP contribution in [0.15, 0.2) is 36.7 Å². The summed E-state index contributed by atoms with van der Waals surface area (Å²) in [7, 11) is 0. The molecule has 1 aromatic carbocycles. The summed E-state index contributed by atoms with van der Waals surface area (Å²) in [5, 5.41) is 13.2. The fourth-order valence-corrected chi connectivity index (χ4v) is 1.91. The molecule has 2 aromatic rings. The molecule has 1 atom stereocenters. The quantitative estimate of drug-likeness (QED) is 0.855. The van der Waals surface area contributed by atoms with Crippen molar-refractivity contribution in [3.8, 4) is 5.75 Å². The molecule has 2 rings (SSSR count). The van der Waals surface area contributed by atoms with Crippen LogP contribution in [-0.4, -0.2) is 27.7 Å². The third-order valence-electron chi connectivity index (χ3n) is 2.87. The summed E-state index contributed by atoms with van der Waals surface area (Å²) in [6, 6.07) is 7.47. The molecule has 1 aromatic heterocycles. The lowest BCUT2D eigenvalue weighted by molar-refractivity contribution is 0.191. The summed E-state index contributed by atoms with van der Waals surface area (Å²) in [6.45, 7) is 6.22. The predicted molar refractivity (Wildman–Crippen MR) is 82.4 cm³/mol. The summed E-state index contributed by atoms with van der Waals surface area (Å²) in [5.41, 5.74) is 1.67. The number of ether oxygens (including phenoxy) is 1. The molecule has 0 aliphatic carbocycles. The molecule has 0 amide bonds. The van der Waals surface area contributed by atoms with Crippen molar-refractivity contribution in [1.82, 2.24) is 9.97 Å². The first-order valence-electron chi connectivity index (χ1n) is 7.02. The van der Waals surface area contributed by atoms with Crippen LogP contribution in [0, 0.1) is 6.92 Å². The maximum Gasteiger partial charge on any atom is 0.144 e. The summed E-state index contributed by atoms with van der Waals surface area (Å²) in [4.78, 5) is 8.33. The molecule has 0 aliphatic rings. The second-order valence-electron chi connectivity index (χ2n) is 5.18. The van der Waals surface area contributed by atoms with Crippen LogP contribution in [0.4, 0.5) is 5.82 Å². The Hall–Kier alpha value is -2.14. The number of aliphatic hydroxyl groups is 1. The Labute approximate surface area is 125 Å². The SMILES string of the molecule is Cc1cncc(NCC(O)c2ccc(OC(C)C)cc2)n1. The molecule has 0 bridgehead atoms. The number of aliphatic hydroxyl groups excluding tert-OH is 1. The topological polar surface area (TPSA) is 67.3 Å². The van der Waals surface area contributed by atoms with Gasteiger partial charge < -0.3 is 15.2 Å². The van der Waals surface area contributed by atoms with Crippen LogP contribution in [0.3, 0.4) is 0 Å². The lowest BCUT2D eigenvalue weighted by Crippen LogP contribution is -2.13. The van der Waals surface area contributed by atoms with Crippen LogP contribution in [0.5, 0.6) is 5.75 Å². The molecule has 0 fully saturated rings. The molecule has 5 heteroatoms. The summed E-state index contributed by atoms with van der Waals surface area (Å²) in [6.07, 6.45) is 2.86. The molecular weight excluding hydrogens is 266 g/mol. The van der Waals surface area contributed by atoms with E-state index in [-0.39, 0.29) is 6.10 Å². The largest absolute Gasteiger partial charge is 0.491 e. The van der Waals surface area contributed by atoms with Gasteiger partial charge in [0, 0.05) is 12.7 Å². The van der Waals surface area contributed by atoms with Gasteiger partial charge >= 0.3 is 0 Å². The highest BCUT2D eigenvalue weighted by molar-refractivity contribution is 5.33. The van der Waals surface area contributed by atoms with Crippen molar-refractivity contribution in [2.24, 2.45) is 0 Å². The minimum atomic E-state index is -0.611. The van der Waals surface area contributed by atoms with E-state index < -0.39 is 6.10 Å². The molecule has 1 unspecified atom stereocenters. The van der Waals surface area contributed by atoms with Gasteiger partial charge in [0.15, 0.2) is 0 Å². The molecule has 21 heavy (non-hydrogen) atoms. The van der Waals surface area contributed by atoms with E-state index in [0.717, 1.165) is 17.0 Å². The minimum Gasteiger partial charge on any atom is -0.491 e. The Balaban J connectivity index is 1.92. The zero-order chi connectivity index (χ0) is 15.2. The van der Waals surface area contributed by atoms with Gasteiger partial charge in [0.25, 0.3) is 0 Å². The molecule has 0 saturated carbocycles. The Kier molecular flexibility index (Phi) is 5.11. The molecule has 0 aliphatic heterocycles. The average Bonchev–Trinajstić information content (AvgIpc) is 2.45. The molecule has 0 spiro atoms.